The predicted molar refractivity (Wildman–Crippen MR) is 90.9 cm³/mol. The van der Waals surface area contributed by atoms with Gasteiger partial charge in [0, 0.05) is 16.8 Å². The number of nitrogens with zero attached hydrogens (tertiary/aromatic N) is 5. The molecule has 0 aliphatic heterocycles. The Morgan fingerprint density at radius 2 is 2.24 bits per heavy atom. The van der Waals surface area contributed by atoms with Crippen LogP contribution in [0, 0.1) is 6.92 Å². The van der Waals surface area contributed by atoms with Crippen molar-refractivity contribution in [2.24, 2.45) is 0 Å². The summed E-state index contributed by atoms with van der Waals surface area (Å²) in [7, 11) is 0. The fourth-order valence-electron chi connectivity index (χ4n) is 2.13. The molecule has 3 rings (SSSR count). The van der Waals surface area contributed by atoms with Crippen molar-refractivity contribution in [2.75, 3.05) is 5.73 Å². The second-order valence-electron chi connectivity index (χ2n) is 5.32. The average molecular weight is 359 g/mol. The number of aryl methyl sites for hydroxylation is 1. The molecule has 3 aromatic rings. The highest BCUT2D eigenvalue weighted by Gasteiger charge is 2.10. The Bertz CT molecular complexity index is 911. The largest absolute Gasteiger partial charge is 0.455 e. The Morgan fingerprint density at radius 1 is 1.40 bits per heavy atom. The number of carbonyl (C=O) groups excluding carboxylic acids is 1. The molecular weight excluding hydrogens is 344 g/mol. The lowest BCUT2D eigenvalue weighted by Crippen LogP contribution is -2.07. The first-order chi connectivity index (χ1) is 12.0. The van der Waals surface area contributed by atoms with Gasteiger partial charge in [0.2, 0.25) is 0 Å². The zero-order valence-corrected chi connectivity index (χ0v) is 14.1. The molecule has 25 heavy (non-hydrogen) atoms. The fourth-order valence-corrected chi connectivity index (χ4v) is 2.32. The summed E-state index contributed by atoms with van der Waals surface area (Å²) in [6, 6.07) is 6.54. The summed E-state index contributed by atoms with van der Waals surface area (Å²) in [5.74, 6) is 0.527. The minimum Gasteiger partial charge on any atom is -0.455 e. The molecule has 2 N–H and O–H groups in total. The molecule has 0 atom stereocenters. The van der Waals surface area contributed by atoms with E-state index in [1.165, 1.54) is 0 Å². The maximum absolute atomic E-state index is 12.0. The Hall–Kier alpha value is -3.00. The molecule has 0 fully saturated rings. The molecule has 2 heterocycles. The van der Waals surface area contributed by atoms with E-state index in [1.54, 1.807) is 48.3 Å². The predicted octanol–water partition coefficient (Wildman–Crippen LogP) is 2.02. The van der Waals surface area contributed by atoms with Crippen LogP contribution in [-0.2, 0) is 17.9 Å². The lowest BCUT2D eigenvalue weighted by Gasteiger charge is -2.04. The molecule has 0 aliphatic rings. The van der Waals surface area contributed by atoms with Gasteiger partial charge in [-0.3, -0.25) is 0 Å². The van der Waals surface area contributed by atoms with Gasteiger partial charge in [0.05, 0.1) is 18.3 Å². The summed E-state index contributed by atoms with van der Waals surface area (Å²) >= 11 is 5.86. The van der Waals surface area contributed by atoms with Gasteiger partial charge in [-0.2, -0.15) is 0 Å². The minimum atomic E-state index is -0.478. The number of nitrogens with two attached hydrogens (primary N) is 1. The Kier molecular flexibility index (Phi) is 4.90. The normalized spacial score (nSPS) is 10.6. The summed E-state index contributed by atoms with van der Waals surface area (Å²) in [5, 5.41) is 8.42. The van der Waals surface area contributed by atoms with Crippen molar-refractivity contribution in [3.63, 3.8) is 0 Å². The highest BCUT2D eigenvalue weighted by Crippen LogP contribution is 2.13. The zero-order valence-electron chi connectivity index (χ0n) is 13.4. The van der Waals surface area contributed by atoms with Crippen molar-refractivity contribution in [2.45, 2.75) is 20.1 Å². The highest BCUT2D eigenvalue weighted by molar-refractivity contribution is 6.30. The van der Waals surface area contributed by atoms with E-state index in [4.69, 9.17) is 22.1 Å². The number of benzene rings is 1. The third kappa shape index (κ3) is 4.30. The van der Waals surface area contributed by atoms with E-state index >= 15 is 0 Å². The third-order valence-corrected chi connectivity index (χ3v) is 3.58. The minimum absolute atomic E-state index is 0.00519. The number of rotatable bonds is 5. The molecule has 0 radical (unpaired) electrons. The standard InChI is InChI=1S/C16H15ClN6O2/c1-10-19-6-12(15(18)20-10)7-23-8-14(21-22-23)9-25-16(24)11-3-2-4-13(17)5-11/h2-6,8H,7,9H2,1H3,(H2,18,19,20). The molecule has 0 saturated heterocycles. The van der Waals surface area contributed by atoms with Crippen LogP contribution in [0.5, 0.6) is 0 Å². The number of anilines is 1. The molecule has 8 nitrogen and oxygen atoms in total. The van der Waals surface area contributed by atoms with Gasteiger partial charge in [0.15, 0.2) is 0 Å². The number of esters is 1. The fraction of sp³-hybridized carbons (Fsp3) is 0.188. The molecule has 0 aliphatic carbocycles. The van der Waals surface area contributed by atoms with E-state index in [-0.39, 0.29) is 6.61 Å². The number of halogens is 1. The first kappa shape index (κ1) is 16.8. The lowest BCUT2D eigenvalue weighted by molar-refractivity contribution is 0.0467. The quantitative estimate of drug-likeness (QED) is 0.695. The van der Waals surface area contributed by atoms with Crippen molar-refractivity contribution in [1.29, 1.82) is 0 Å². The summed E-state index contributed by atoms with van der Waals surface area (Å²) in [6.45, 7) is 2.15. The smallest absolute Gasteiger partial charge is 0.338 e. The molecule has 128 valence electrons. The monoisotopic (exact) mass is 358 g/mol. The van der Waals surface area contributed by atoms with Gasteiger partial charge in [-0.25, -0.2) is 19.4 Å². The van der Waals surface area contributed by atoms with Crippen LogP contribution in [0.3, 0.4) is 0 Å². The van der Waals surface area contributed by atoms with Gasteiger partial charge >= 0.3 is 5.97 Å². The van der Waals surface area contributed by atoms with E-state index < -0.39 is 5.97 Å². The van der Waals surface area contributed by atoms with Crippen LogP contribution < -0.4 is 5.73 Å². The summed E-state index contributed by atoms with van der Waals surface area (Å²) in [4.78, 5) is 20.2. The van der Waals surface area contributed by atoms with E-state index in [0.29, 0.717) is 34.5 Å². The molecule has 0 amide bonds. The summed E-state index contributed by atoms with van der Waals surface area (Å²) in [6.07, 6.45) is 3.32. The molecule has 0 spiro atoms. The van der Waals surface area contributed by atoms with Crippen molar-refractivity contribution in [3.05, 3.63) is 64.3 Å². The maximum Gasteiger partial charge on any atom is 0.338 e. The Morgan fingerprint density at radius 3 is 3.00 bits per heavy atom. The Balaban J connectivity index is 1.61. The molecule has 9 heteroatoms. The van der Waals surface area contributed by atoms with Crippen molar-refractivity contribution in [1.82, 2.24) is 25.0 Å². The first-order valence-electron chi connectivity index (χ1n) is 7.41. The van der Waals surface area contributed by atoms with Crippen molar-refractivity contribution in [3.8, 4) is 0 Å². The van der Waals surface area contributed by atoms with Crippen LogP contribution >= 0.6 is 11.6 Å². The lowest BCUT2D eigenvalue weighted by atomic mass is 10.2. The molecule has 0 bridgehead atoms. The highest BCUT2D eigenvalue weighted by atomic mass is 35.5. The van der Waals surface area contributed by atoms with Crippen molar-refractivity contribution < 1.29 is 9.53 Å². The SMILES string of the molecule is Cc1ncc(Cn2cc(COC(=O)c3cccc(Cl)c3)nn2)c(N)n1. The van der Waals surface area contributed by atoms with Crippen LogP contribution in [0.4, 0.5) is 5.82 Å². The van der Waals surface area contributed by atoms with E-state index in [0.717, 1.165) is 5.56 Å². The van der Waals surface area contributed by atoms with Crippen LogP contribution in [0.2, 0.25) is 5.02 Å². The zero-order chi connectivity index (χ0) is 17.8. The summed E-state index contributed by atoms with van der Waals surface area (Å²) in [5.41, 5.74) is 7.49. The number of carbonyl (C=O) groups is 1. The van der Waals surface area contributed by atoms with Crippen LogP contribution in [-0.4, -0.2) is 30.9 Å². The van der Waals surface area contributed by atoms with Crippen molar-refractivity contribution >= 4 is 23.4 Å². The third-order valence-electron chi connectivity index (χ3n) is 3.35. The van der Waals surface area contributed by atoms with Crippen LogP contribution in [0.25, 0.3) is 0 Å². The Labute approximate surface area is 148 Å². The molecule has 1 aromatic carbocycles. The van der Waals surface area contributed by atoms with Gasteiger partial charge in [0.1, 0.15) is 23.9 Å². The average Bonchev–Trinajstić information content (AvgIpc) is 3.03. The molecule has 2 aromatic heterocycles. The van der Waals surface area contributed by atoms with Gasteiger partial charge in [-0.15, -0.1) is 5.10 Å². The summed E-state index contributed by atoms with van der Waals surface area (Å²) < 4.78 is 6.79. The van der Waals surface area contributed by atoms with Crippen LogP contribution in [0.1, 0.15) is 27.4 Å². The first-order valence-corrected chi connectivity index (χ1v) is 7.79. The second kappa shape index (κ2) is 7.27. The van der Waals surface area contributed by atoms with Gasteiger partial charge in [-0.05, 0) is 25.1 Å². The number of nitrogen functional groups attached to an aromatic ring is 1. The maximum atomic E-state index is 12.0. The number of hydrogen-bond acceptors (Lipinski definition) is 7. The molecule has 0 unspecified atom stereocenters. The number of ether oxygens (including phenoxy) is 1. The number of aromatic nitrogens is 5. The van der Waals surface area contributed by atoms with Crippen LogP contribution in [0.15, 0.2) is 36.7 Å². The molecule has 0 saturated carbocycles. The van der Waals surface area contributed by atoms with Gasteiger partial charge < -0.3 is 10.5 Å². The van der Waals surface area contributed by atoms with E-state index in [2.05, 4.69) is 20.3 Å². The number of hydrogen-bond donors (Lipinski definition) is 1. The second-order valence-corrected chi connectivity index (χ2v) is 5.76. The molecular formula is C16H15ClN6O2. The van der Waals surface area contributed by atoms with E-state index in [9.17, 15) is 4.79 Å². The van der Waals surface area contributed by atoms with Gasteiger partial charge in [0.25, 0.3) is 0 Å². The van der Waals surface area contributed by atoms with E-state index in [1.807, 2.05) is 0 Å². The topological polar surface area (TPSA) is 109 Å². The van der Waals surface area contributed by atoms with Gasteiger partial charge in [-0.1, -0.05) is 22.9 Å².